The van der Waals surface area contributed by atoms with E-state index in [-0.39, 0.29) is 24.1 Å². The number of piperidine rings is 1. The third-order valence-corrected chi connectivity index (χ3v) is 4.76. The topological polar surface area (TPSA) is 90.5 Å². The lowest BCUT2D eigenvalue weighted by atomic mass is 10.0. The molecular formula is C18H24N4O3. The Morgan fingerprint density at radius 2 is 2.12 bits per heavy atom. The molecule has 25 heavy (non-hydrogen) atoms. The Hall–Kier alpha value is -2.25. The standard InChI is InChI=1S/C18H24N4O3/c1-11(8-19-2)20-9-12-3-4-13-10-22(18(25)14(13)7-12)15-5-6-16(23)21-17(15)24/h3-4,7,11,15,19-20H,5-6,8-10H2,1-2H3,(H,21,23,24). The second kappa shape index (κ2) is 7.33. The lowest BCUT2D eigenvalue weighted by Gasteiger charge is -2.29. The number of carbonyl (C=O) groups excluding carboxylic acids is 3. The molecule has 2 aliphatic heterocycles. The molecule has 1 fully saturated rings. The van der Waals surface area contributed by atoms with Gasteiger partial charge in [-0.05, 0) is 37.6 Å². The highest BCUT2D eigenvalue weighted by molar-refractivity contribution is 6.05. The molecule has 0 radical (unpaired) electrons. The molecular weight excluding hydrogens is 320 g/mol. The number of nitrogens with zero attached hydrogens (tertiary/aromatic N) is 1. The highest BCUT2D eigenvalue weighted by atomic mass is 16.2. The number of carbonyl (C=O) groups is 3. The summed E-state index contributed by atoms with van der Waals surface area (Å²) in [5.41, 5.74) is 2.63. The van der Waals surface area contributed by atoms with Crippen molar-refractivity contribution in [3.63, 3.8) is 0 Å². The Bertz CT molecular complexity index is 704. The van der Waals surface area contributed by atoms with Gasteiger partial charge in [0.1, 0.15) is 6.04 Å². The van der Waals surface area contributed by atoms with E-state index in [4.69, 9.17) is 0 Å². The van der Waals surface area contributed by atoms with E-state index < -0.39 is 6.04 Å². The van der Waals surface area contributed by atoms with Gasteiger partial charge in [0.25, 0.3) is 5.91 Å². The van der Waals surface area contributed by atoms with Gasteiger partial charge in [0, 0.05) is 37.7 Å². The summed E-state index contributed by atoms with van der Waals surface area (Å²) in [6, 6.07) is 5.64. The summed E-state index contributed by atoms with van der Waals surface area (Å²) in [5, 5.41) is 8.84. The molecule has 3 N–H and O–H groups in total. The van der Waals surface area contributed by atoms with Crippen LogP contribution in [0.15, 0.2) is 18.2 Å². The maximum absolute atomic E-state index is 12.7. The third kappa shape index (κ3) is 3.72. The van der Waals surface area contributed by atoms with Crippen LogP contribution in [0, 0.1) is 0 Å². The predicted molar refractivity (Wildman–Crippen MR) is 92.7 cm³/mol. The molecule has 0 aromatic heterocycles. The molecule has 3 amide bonds. The maximum atomic E-state index is 12.7. The van der Waals surface area contributed by atoms with E-state index in [0.717, 1.165) is 17.7 Å². The van der Waals surface area contributed by atoms with Crippen molar-refractivity contribution in [1.29, 1.82) is 0 Å². The van der Waals surface area contributed by atoms with E-state index in [1.165, 1.54) is 0 Å². The van der Waals surface area contributed by atoms with Crippen LogP contribution in [0.25, 0.3) is 0 Å². The minimum atomic E-state index is -0.560. The fourth-order valence-electron chi connectivity index (χ4n) is 3.38. The van der Waals surface area contributed by atoms with E-state index in [0.29, 0.717) is 31.1 Å². The predicted octanol–water partition coefficient (Wildman–Crippen LogP) is 0.145. The number of nitrogens with one attached hydrogen (secondary N) is 3. The lowest BCUT2D eigenvalue weighted by molar-refractivity contribution is -0.136. The second-order valence-electron chi connectivity index (χ2n) is 6.73. The molecule has 2 unspecified atom stereocenters. The summed E-state index contributed by atoms with van der Waals surface area (Å²) in [5.74, 6) is -0.774. The van der Waals surface area contributed by atoms with Gasteiger partial charge in [-0.25, -0.2) is 0 Å². The number of rotatable bonds is 6. The Balaban J connectivity index is 1.69. The molecule has 3 rings (SSSR count). The zero-order valence-corrected chi connectivity index (χ0v) is 14.6. The Morgan fingerprint density at radius 3 is 2.84 bits per heavy atom. The van der Waals surface area contributed by atoms with E-state index in [2.05, 4.69) is 22.9 Å². The summed E-state index contributed by atoms with van der Waals surface area (Å²) in [4.78, 5) is 37.7. The molecule has 7 nitrogen and oxygen atoms in total. The summed E-state index contributed by atoms with van der Waals surface area (Å²) in [6.45, 7) is 4.07. The van der Waals surface area contributed by atoms with E-state index in [1.807, 2.05) is 25.2 Å². The van der Waals surface area contributed by atoms with Gasteiger partial charge in [-0.15, -0.1) is 0 Å². The molecule has 7 heteroatoms. The van der Waals surface area contributed by atoms with Gasteiger partial charge in [-0.2, -0.15) is 0 Å². The van der Waals surface area contributed by atoms with Gasteiger partial charge < -0.3 is 15.5 Å². The van der Waals surface area contributed by atoms with Crippen LogP contribution in [0.4, 0.5) is 0 Å². The minimum absolute atomic E-state index is 0.130. The first-order valence-electron chi connectivity index (χ1n) is 8.64. The Kier molecular flexibility index (Phi) is 5.15. The van der Waals surface area contributed by atoms with Crippen molar-refractivity contribution in [2.24, 2.45) is 0 Å². The molecule has 1 aromatic rings. The molecule has 2 aliphatic rings. The van der Waals surface area contributed by atoms with Crippen LogP contribution < -0.4 is 16.0 Å². The summed E-state index contributed by atoms with van der Waals surface area (Å²) in [6.07, 6.45) is 0.662. The highest BCUT2D eigenvalue weighted by Gasteiger charge is 2.39. The van der Waals surface area contributed by atoms with Gasteiger partial charge in [0.15, 0.2) is 0 Å². The average molecular weight is 344 g/mol. The molecule has 0 spiro atoms. The first-order chi connectivity index (χ1) is 12.0. The maximum Gasteiger partial charge on any atom is 0.255 e. The lowest BCUT2D eigenvalue weighted by Crippen LogP contribution is -2.52. The molecule has 2 atom stereocenters. The molecule has 0 bridgehead atoms. The summed E-state index contributed by atoms with van der Waals surface area (Å²) >= 11 is 0. The number of hydrogen-bond donors (Lipinski definition) is 3. The van der Waals surface area contributed by atoms with Crippen molar-refractivity contribution in [2.75, 3.05) is 13.6 Å². The van der Waals surface area contributed by atoms with Gasteiger partial charge in [-0.1, -0.05) is 12.1 Å². The zero-order chi connectivity index (χ0) is 18.0. The first-order valence-corrected chi connectivity index (χ1v) is 8.64. The van der Waals surface area contributed by atoms with Crippen molar-refractivity contribution in [3.05, 3.63) is 34.9 Å². The number of benzene rings is 1. The summed E-state index contributed by atoms with van der Waals surface area (Å²) in [7, 11) is 1.91. The molecule has 1 aromatic carbocycles. The normalized spacial score (nSPS) is 21.3. The quantitative estimate of drug-likeness (QED) is 0.639. The second-order valence-corrected chi connectivity index (χ2v) is 6.73. The number of amides is 3. The average Bonchev–Trinajstić information content (AvgIpc) is 2.90. The van der Waals surface area contributed by atoms with Gasteiger partial charge >= 0.3 is 0 Å². The SMILES string of the molecule is CNCC(C)NCc1ccc2c(c1)C(=O)N(C1CCC(=O)NC1=O)C2. The van der Waals surface area contributed by atoms with Crippen molar-refractivity contribution in [2.45, 2.75) is 44.9 Å². The van der Waals surface area contributed by atoms with Crippen LogP contribution in [0.3, 0.4) is 0 Å². The number of hydrogen-bond acceptors (Lipinski definition) is 5. The summed E-state index contributed by atoms with van der Waals surface area (Å²) < 4.78 is 0. The van der Waals surface area contributed by atoms with Crippen LogP contribution >= 0.6 is 0 Å². The van der Waals surface area contributed by atoms with Crippen LogP contribution in [0.5, 0.6) is 0 Å². The largest absolute Gasteiger partial charge is 0.322 e. The zero-order valence-electron chi connectivity index (χ0n) is 14.6. The minimum Gasteiger partial charge on any atom is -0.322 e. The monoisotopic (exact) mass is 344 g/mol. The van der Waals surface area contributed by atoms with Gasteiger partial charge in [0.05, 0.1) is 0 Å². The van der Waals surface area contributed by atoms with Crippen molar-refractivity contribution in [3.8, 4) is 0 Å². The number of fused-ring (bicyclic) bond motifs is 1. The molecule has 2 heterocycles. The fourth-order valence-corrected chi connectivity index (χ4v) is 3.38. The van der Waals surface area contributed by atoms with Gasteiger partial charge in [-0.3, -0.25) is 19.7 Å². The van der Waals surface area contributed by atoms with E-state index in [1.54, 1.807) is 4.90 Å². The number of likely N-dealkylation sites (N-methyl/N-ethyl adjacent to an activating group) is 1. The smallest absolute Gasteiger partial charge is 0.255 e. The van der Waals surface area contributed by atoms with E-state index in [9.17, 15) is 14.4 Å². The van der Waals surface area contributed by atoms with Crippen LogP contribution in [-0.2, 0) is 22.7 Å². The van der Waals surface area contributed by atoms with Crippen molar-refractivity contribution in [1.82, 2.24) is 20.9 Å². The fraction of sp³-hybridized carbons (Fsp3) is 0.500. The molecule has 0 saturated carbocycles. The molecule has 134 valence electrons. The Morgan fingerprint density at radius 1 is 1.32 bits per heavy atom. The van der Waals surface area contributed by atoms with Crippen LogP contribution in [0.1, 0.15) is 41.3 Å². The highest BCUT2D eigenvalue weighted by Crippen LogP contribution is 2.28. The first kappa shape index (κ1) is 17.6. The van der Waals surface area contributed by atoms with E-state index >= 15 is 0 Å². The van der Waals surface area contributed by atoms with Crippen LogP contribution in [0.2, 0.25) is 0 Å². The molecule has 1 saturated heterocycles. The molecule has 0 aliphatic carbocycles. The van der Waals surface area contributed by atoms with Crippen LogP contribution in [-0.4, -0.2) is 48.3 Å². The van der Waals surface area contributed by atoms with Crippen molar-refractivity contribution < 1.29 is 14.4 Å². The van der Waals surface area contributed by atoms with Crippen molar-refractivity contribution >= 4 is 17.7 Å². The van der Waals surface area contributed by atoms with Gasteiger partial charge in [0.2, 0.25) is 11.8 Å². The third-order valence-electron chi connectivity index (χ3n) is 4.76. The Labute approximate surface area is 147 Å². The number of imide groups is 1.